The summed E-state index contributed by atoms with van der Waals surface area (Å²) in [6.45, 7) is -0.142. The van der Waals surface area contributed by atoms with E-state index in [0.29, 0.717) is 5.56 Å². The van der Waals surface area contributed by atoms with Crippen LogP contribution in [0.4, 0.5) is 0 Å². The molecule has 0 aliphatic rings. The van der Waals surface area contributed by atoms with Gasteiger partial charge in [-0.05, 0) is 24.5 Å². The van der Waals surface area contributed by atoms with E-state index in [1.807, 2.05) is 5.43 Å². The molecule has 0 saturated carbocycles. The molecule has 0 aromatic heterocycles. The molecule has 1 atom stereocenters. The highest BCUT2D eigenvalue weighted by atomic mass is 16.3. The van der Waals surface area contributed by atoms with Gasteiger partial charge in [0.2, 0.25) is 5.91 Å². The van der Waals surface area contributed by atoms with Crippen molar-refractivity contribution in [3.63, 3.8) is 0 Å². The Hall–Kier alpha value is -1.79. The van der Waals surface area contributed by atoms with Crippen molar-refractivity contribution in [2.45, 2.75) is 12.8 Å². The molecule has 6 N–H and O–H groups in total. The number of hydrogen-bond acceptors (Lipinski definition) is 5. The maximum Gasteiger partial charge on any atom is 0.237 e. The first-order valence-corrected chi connectivity index (χ1v) is 5.20. The average molecular weight is 240 g/mol. The van der Waals surface area contributed by atoms with Crippen LogP contribution in [0.25, 0.3) is 0 Å². The second kappa shape index (κ2) is 6.07. The smallest absolute Gasteiger partial charge is 0.237 e. The van der Waals surface area contributed by atoms with Gasteiger partial charge in [0.15, 0.2) is 0 Å². The summed E-state index contributed by atoms with van der Waals surface area (Å²) in [5.41, 5.74) is 2.54. The van der Waals surface area contributed by atoms with Crippen LogP contribution in [-0.2, 0) is 11.2 Å². The van der Waals surface area contributed by atoms with Crippen molar-refractivity contribution >= 4 is 5.91 Å². The monoisotopic (exact) mass is 240 g/mol. The van der Waals surface area contributed by atoms with Crippen LogP contribution < -0.4 is 11.3 Å². The van der Waals surface area contributed by atoms with Crippen LogP contribution in [0.2, 0.25) is 0 Å². The Kier molecular flexibility index (Phi) is 4.74. The molecule has 0 aliphatic heterocycles. The Morgan fingerprint density at radius 1 is 1.41 bits per heavy atom. The molecule has 1 unspecified atom stereocenters. The van der Waals surface area contributed by atoms with Crippen molar-refractivity contribution in [3.8, 4) is 11.5 Å². The molecule has 1 rings (SSSR count). The van der Waals surface area contributed by atoms with E-state index in [0.717, 1.165) is 0 Å². The van der Waals surface area contributed by atoms with E-state index in [9.17, 15) is 9.90 Å². The van der Waals surface area contributed by atoms with E-state index in [2.05, 4.69) is 0 Å². The number of rotatable bonds is 5. The van der Waals surface area contributed by atoms with Crippen molar-refractivity contribution < 1.29 is 20.1 Å². The molecule has 94 valence electrons. The highest BCUT2D eigenvalue weighted by Crippen LogP contribution is 2.25. The SMILES string of the molecule is NNC(=O)C(CCO)Cc1ccc(O)cc1O. The fraction of sp³-hybridized carbons (Fsp3) is 0.364. The minimum Gasteiger partial charge on any atom is -0.508 e. The Morgan fingerprint density at radius 3 is 2.65 bits per heavy atom. The normalized spacial score (nSPS) is 12.1. The van der Waals surface area contributed by atoms with Crippen LogP contribution in [-0.4, -0.2) is 27.8 Å². The lowest BCUT2D eigenvalue weighted by Crippen LogP contribution is -2.37. The first-order chi connectivity index (χ1) is 8.08. The van der Waals surface area contributed by atoms with Crippen molar-refractivity contribution in [1.82, 2.24) is 5.43 Å². The molecule has 6 nitrogen and oxygen atoms in total. The van der Waals surface area contributed by atoms with Gasteiger partial charge in [0.25, 0.3) is 0 Å². The molecule has 0 aliphatic carbocycles. The van der Waals surface area contributed by atoms with Gasteiger partial charge < -0.3 is 15.3 Å². The average Bonchev–Trinajstić information content (AvgIpc) is 2.30. The van der Waals surface area contributed by atoms with E-state index in [1.165, 1.54) is 18.2 Å². The highest BCUT2D eigenvalue weighted by molar-refractivity contribution is 5.78. The fourth-order valence-corrected chi connectivity index (χ4v) is 1.59. The second-order valence-corrected chi connectivity index (χ2v) is 3.73. The molecule has 1 aromatic carbocycles. The standard InChI is InChI=1S/C11H16N2O4/c12-13-11(17)8(3-4-14)5-7-1-2-9(15)6-10(7)16/h1-2,6,8,14-16H,3-5,12H2,(H,13,17). The minimum atomic E-state index is -0.513. The number of nitrogens with one attached hydrogen (secondary N) is 1. The number of hydrogen-bond donors (Lipinski definition) is 5. The number of aliphatic hydroxyl groups excluding tert-OH is 1. The number of benzene rings is 1. The number of aliphatic hydroxyl groups is 1. The van der Waals surface area contributed by atoms with Gasteiger partial charge >= 0.3 is 0 Å². The molecule has 0 fully saturated rings. The highest BCUT2D eigenvalue weighted by Gasteiger charge is 2.19. The van der Waals surface area contributed by atoms with E-state index in [-0.39, 0.29) is 30.9 Å². The number of amides is 1. The third-order valence-electron chi connectivity index (χ3n) is 2.53. The van der Waals surface area contributed by atoms with Gasteiger partial charge in [0.05, 0.1) is 0 Å². The topological polar surface area (TPSA) is 116 Å². The molecule has 1 amide bonds. The van der Waals surface area contributed by atoms with Crippen molar-refractivity contribution in [3.05, 3.63) is 23.8 Å². The van der Waals surface area contributed by atoms with Crippen molar-refractivity contribution in [2.24, 2.45) is 11.8 Å². The van der Waals surface area contributed by atoms with Crippen LogP contribution in [0.15, 0.2) is 18.2 Å². The number of phenolic OH excluding ortho intramolecular Hbond substituents is 2. The zero-order chi connectivity index (χ0) is 12.8. The number of hydrazine groups is 1. The fourth-order valence-electron chi connectivity index (χ4n) is 1.59. The largest absolute Gasteiger partial charge is 0.508 e. The molecule has 0 heterocycles. The summed E-state index contributed by atoms with van der Waals surface area (Å²) in [4.78, 5) is 11.4. The predicted molar refractivity (Wildman–Crippen MR) is 61.0 cm³/mol. The van der Waals surface area contributed by atoms with Gasteiger partial charge in [0.1, 0.15) is 11.5 Å². The summed E-state index contributed by atoms with van der Waals surface area (Å²) in [6, 6.07) is 4.15. The number of aromatic hydroxyl groups is 2. The Balaban J connectivity index is 2.82. The van der Waals surface area contributed by atoms with Gasteiger partial charge in [0, 0.05) is 18.6 Å². The molecule has 1 aromatic rings. The number of carbonyl (C=O) groups is 1. The van der Waals surface area contributed by atoms with E-state index in [4.69, 9.17) is 16.1 Å². The first-order valence-electron chi connectivity index (χ1n) is 5.20. The van der Waals surface area contributed by atoms with Gasteiger partial charge in [-0.15, -0.1) is 0 Å². The first kappa shape index (κ1) is 13.3. The van der Waals surface area contributed by atoms with Gasteiger partial charge in [-0.3, -0.25) is 10.2 Å². The van der Waals surface area contributed by atoms with Gasteiger partial charge in [-0.25, -0.2) is 5.84 Å². The summed E-state index contributed by atoms with van der Waals surface area (Å²) >= 11 is 0. The maximum absolute atomic E-state index is 11.4. The summed E-state index contributed by atoms with van der Waals surface area (Å²) < 4.78 is 0. The third-order valence-corrected chi connectivity index (χ3v) is 2.53. The van der Waals surface area contributed by atoms with Gasteiger partial charge in [-0.1, -0.05) is 6.07 Å². The molecule has 0 spiro atoms. The molecular weight excluding hydrogens is 224 g/mol. The zero-order valence-corrected chi connectivity index (χ0v) is 9.26. The van der Waals surface area contributed by atoms with Crippen molar-refractivity contribution in [2.75, 3.05) is 6.61 Å². The minimum absolute atomic E-state index is 0.0479. The molecule has 0 radical (unpaired) electrons. The summed E-state index contributed by atoms with van der Waals surface area (Å²) in [5.74, 6) is 3.99. The number of nitrogens with two attached hydrogens (primary N) is 1. The molecule has 6 heteroatoms. The van der Waals surface area contributed by atoms with E-state index >= 15 is 0 Å². The van der Waals surface area contributed by atoms with Crippen LogP contribution >= 0.6 is 0 Å². The van der Waals surface area contributed by atoms with Crippen LogP contribution in [0.1, 0.15) is 12.0 Å². The molecule has 0 saturated heterocycles. The predicted octanol–water partition coefficient (Wildman–Crippen LogP) is -0.371. The van der Waals surface area contributed by atoms with Gasteiger partial charge in [-0.2, -0.15) is 0 Å². The lowest BCUT2D eigenvalue weighted by Gasteiger charge is -2.14. The lowest BCUT2D eigenvalue weighted by molar-refractivity contribution is -0.125. The summed E-state index contributed by atoms with van der Waals surface area (Å²) in [5, 5.41) is 27.6. The van der Waals surface area contributed by atoms with Crippen molar-refractivity contribution in [1.29, 1.82) is 0 Å². The van der Waals surface area contributed by atoms with E-state index < -0.39 is 11.8 Å². The third kappa shape index (κ3) is 3.61. The Bertz CT molecular complexity index is 395. The Labute approximate surface area is 98.7 Å². The van der Waals surface area contributed by atoms with Crippen LogP contribution in [0.5, 0.6) is 11.5 Å². The van der Waals surface area contributed by atoms with Crippen LogP contribution in [0, 0.1) is 5.92 Å². The van der Waals surface area contributed by atoms with Crippen LogP contribution in [0.3, 0.4) is 0 Å². The quantitative estimate of drug-likeness (QED) is 0.273. The number of carbonyl (C=O) groups excluding carboxylic acids is 1. The summed E-state index contributed by atoms with van der Waals surface area (Å²) in [7, 11) is 0. The molecule has 0 bridgehead atoms. The second-order valence-electron chi connectivity index (χ2n) is 3.73. The van der Waals surface area contributed by atoms with E-state index in [1.54, 1.807) is 0 Å². The zero-order valence-electron chi connectivity index (χ0n) is 9.26. The lowest BCUT2D eigenvalue weighted by atomic mass is 9.95. The maximum atomic E-state index is 11.4. The number of phenols is 2. The Morgan fingerprint density at radius 2 is 2.12 bits per heavy atom. The summed E-state index contributed by atoms with van der Waals surface area (Å²) in [6.07, 6.45) is 0.499. The molecule has 17 heavy (non-hydrogen) atoms. The molecular formula is C11H16N2O4.